The largest absolute Gasteiger partial charge is 0.467 e. The van der Waals surface area contributed by atoms with Gasteiger partial charge in [-0.25, -0.2) is 9.59 Å². The third-order valence-electron chi connectivity index (χ3n) is 6.21. The van der Waals surface area contributed by atoms with E-state index in [1.165, 1.54) is 12.7 Å². The molecule has 0 spiro atoms. The lowest BCUT2D eigenvalue weighted by Gasteiger charge is -2.20. The predicted molar refractivity (Wildman–Crippen MR) is 154 cm³/mol. The smallest absolute Gasteiger partial charge is 0.407 e. The summed E-state index contributed by atoms with van der Waals surface area (Å²) in [6.07, 6.45) is 5.25. The number of benzene rings is 2. The molecule has 8 nitrogen and oxygen atoms in total. The molecule has 2 aromatic rings. The van der Waals surface area contributed by atoms with Crippen LogP contribution in [0.4, 0.5) is 4.79 Å². The normalized spacial score (nSPS) is 11.9. The summed E-state index contributed by atoms with van der Waals surface area (Å²) in [4.78, 5) is 36.5. The maximum Gasteiger partial charge on any atom is 0.407 e. The van der Waals surface area contributed by atoms with E-state index >= 15 is 0 Å². The van der Waals surface area contributed by atoms with Gasteiger partial charge in [0.2, 0.25) is 5.91 Å². The van der Waals surface area contributed by atoms with Crippen molar-refractivity contribution < 1.29 is 23.9 Å². The topological polar surface area (TPSA) is 120 Å². The van der Waals surface area contributed by atoms with Gasteiger partial charge in [-0.3, -0.25) is 4.79 Å². The quantitative estimate of drug-likeness (QED) is 0.218. The van der Waals surface area contributed by atoms with Crippen LogP contribution in [0.15, 0.2) is 48.5 Å². The lowest BCUT2D eigenvalue weighted by Crippen LogP contribution is -2.41. The van der Waals surface area contributed by atoms with Crippen LogP contribution in [0.5, 0.6) is 0 Å². The SMILES string of the molecule is COC(=O)C(CCCCNC(=O)OC(C)(C)C)NC(=O)CCc1ccc(-c2ccc(CCCCN)cc2)cc1. The van der Waals surface area contributed by atoms with E-state index in [4.69, 9.17) is 15.2 Å². The number of alkyl carbamates (subject to hydrolysis) is 1. The molecule has 1 atom stereocenters. The summed E-state index contributed by atoms with van der Waals surface area (Å²) < 4.78 is 10.1. The number of hydrogen-bond donors (Lipinski definition) is 3. The number of methoxy groups -OCH3 is 1. The van der Waals surface area contributed by atoms with Crippen molar-refractivity contribution in [1.29, 1.82) is 0 Å². The molecule has 0 saturated heterocycles. The molecule has 39 heavy (non-hydrogen) atoms. The number of nitrogens with one attached hydrogen (secondary N) is 2. The predicted octanol–water partition coefficient (Wildman–Crippen LogP) is 4.92. The van der Waals surface area contributed by atoms with Gasteiger partial charge in [-0.15, -0.1) is 0 Å². The standard InChI is InChI=1S/C31H45N3O5/c1-31(2,3)39-30(37)33-22-8-6-10-27(29(36)38-4)34-28(35)20-15-24-13-18-26(19-14-24)25-16-11-23(12-17-25)9-5-7-21-32/h11-14,16-19,27H,5-10,15,20-22,32H2,1-4H3,(H,33,37)(H,34,35). The first-order valence-corrected chi connectivity index (χ1v) is 13.8. The van der Waals surface area contributed by atoms with Crippen LogP contribution in [-0.2, 0) is 31.9 Å². The van der Waals surface area contributed by atoms with E-state index in [0.29, 0.717) is 32.2 Å². The highest BCUT2D eigenvalue weighted by atomic mass is 16.6. The van der Waals surface area contributed by atoms with E-state index in [1.807, 2.05) is 12.1 Å². The van der Waals surface area contributed by atoms with Crippen LogP contribution in [0, 0.1) is 0 Å². The third-order valence-corrected chi connectivity index (χ3v) is 6.21. The summed E-state index contributed by atoms with van der Waals surface area (Å²) in [5, 5.41) is 5.49. The third kappa shape index (κ3) is 12.8. The number of amides is 2. The zero-order chi connectivity index (χ0) is 28.7. The van der Waals surface area contributed by atoms with Crippen LogP contribution in [-0.4, -0.2) is 49.8 Å². The highest BCUT2D eigenvalue weighted by Crippen LogP contribution is 2.21. The molecular formula is C31H45N3O5. The molecule has 0 aliphatic carbocycles. The summed E-state index contributed by atoms with van der Waals surface area (Å²) in [6, 6.07) is 16.1. The van der Waals surface area contributed by atoms with Crippen molar-refractivity contribution >= 4 is 18.0 Å². The van der Waals surface area contributed by atoms with Crippen LogP contribution in [0.1, 0.15) is 70.4 Å². The molecule has 2 amide bonds. The number of carbonyl (C=O) groups excluding carboxylic acids is 3. The van der Waals surface area contributed by atoms with Crippen molar-refractivity contribution in [3.8, 4) is 11.1 Å². The van der Waals surface area contributed by atoms with Crippen LogP contribution < -0.4 is 16.4 Å². The Morgan fingerprint density at radius 3 is 1.97 bits per heavy atom. The van der Waals surface area contributed by atoms with Crippen molar-refractivity contribution in [1.82, 2.24) is 10.6 Å². The van der Waals surface area contributed by atoms with Gasteiger partial charge in [0.15, 0.2) is 0 Å². The molecule has 0 fully saturated rings. The molecule has 0 radical (unpaired) electrons. The highest BCUT2D eigenvalue weighted by molar-refractivity contribution is 5.84. The minimum atomic E-state index is -0.718. The Hall–Kier alpha value is -3.39. The van der Waals surface area contributed by atoms with Crippen molar-refractivity contribution in [3.63, 3.8) is 0 Å². The summed E-state index contributed by atoms with van der Waals surface area (Å²) in [5.41, 5.74) is 9.68. The molecule has 8 heteroatoms. The summed E-state index contributed by atoms with van der Waals surface area (Å²) in [6.45, 7) is 6.56. The second-order valence-electron chi connectivity index (χ2n) is 10.7. The molecule has 0 aliphatic heterocycles. The molecule has 0 heterocycles. The minimum Gasteiger partial charge on any atom is -0.467 e. The van der Waals surface area contributed by atoms with E-state index in [9.17, 15) is 14.4 Å². The first-order chi connectivity index (χ1) is 18.6. The van der Waals surface area contributed by atoms with Crippen LogP contribution in [0.25, 0.3) is 11.1 Å². The molecule has 2 rings (SSSR count). The Bertz CT molecular complexity index is 1030. The first kappa shape index (κ1) is 31.8. The Labute approximate surface area is 233 Å². The van der Waals surface area contributed by atoms with Gasteiger partial charge in [0, 0.05) is 13.0 Å². The monoisotopic (exact) mass is 539 g/mol. The molecule has 214 valence electrons. The summed E-state index contributed by atoms with van der Waals surface area (Å²) in [5.74, 6) is -0.676. The van der Waals surface area contributed by atoms with E-state index in [2.05, 4.69) is 47.0 Å². The van der Waals surface area contributed by atoms with Gasteiger partial charge in [-0.1, -0.05) is 48.5 Å². The number of hydrogen-bond acceptors (Lipinski definition) is 6. The number of ether oxygens (including phenoxy) is 2. The number of unbranched alkanes of at least 4 members (excludes halogenated alkanes) is 2. The number of esters is 1. The van der Waals surface area contributed by atoms with Crippen LogP contribution in [0.3, 0.4) is 0 Å². The molecule has 4 N–H and O–H groups in total. The average Bonchev–Trinajstić information content (AvgIpc) is 2.90. The fraction of sp³-hybridized carbons (Fsp3) is 0.516. The highest BCUT2D eigenvalue weighted by Gasteiger charge is 2.21. The maximum atomic E-state index is 12.6. The van der Waals surface area contributed by atoms with Gasteiger partial charge in [0.25, 0.3) is 0 Å². The second kappa shape index (κ2) is 16.5. The van der Waals surface area contributed by atoms with Gasteiger partial charge in [0.05, 0.1) is 7.11 Å². The van der Waals surface area contributed by atoms with Crippen molar-refractivity contribution in [2.75, 3.05) is 20.2 Å². The van der Waals surface area contributed by atoms with Gasteiger partial charge in [-0.05, 0) is 94.5 Å². The molecule has 0 aliphatic rings. The van der Waals surface area contributed by atoms with E-state index in [-0.39, 0.29) is 12.3 Å². The summed E-state index contributed by atoms with van der Waals surface area (Å²) in [7, 11) is 1.31. The fourth-order valence-electron chi connectivity index (χ4n) is 4.09. The fourth-order valence-corrected chi connectivity index (χ4v) is 4.09. The van der Waals surface area contributed by atoms with Crippen LogP contribution in [0.2, 0.25) is 0 Å². The Morgan fingerprint density at radius 2 is 1.44 bits per heavy atom. The molecule has 0 saturated carbocycles. The first-order valence-electron chi connectivity index (χ1n) is 13.8. The van der Waals surface area contributed by atoms with Gasteiger partial charge >= 0.3 is 12.1 Å². The van der Waals surface area contributed by atoms with Crippen molar-refractivity contribution in [2.24, 2.45) is 5.73 Å². The van der Waals surface area contributed by atoms with Gasteiger partial charge < -0.3 is 25.8 Å². The Balaban J connectivity index is 1.77. The number of nitrogens with two attached hydrogens (primary N) is 1. The van der Waals surface area contributed by atoms with Crippen molar-refractivity contribution in [2.45, 2.75) is 83.8 Å². The lowest BCUT2D eigenvalue weighted by atomic mass is 9.99. The molecule has 1 unspecified atom stereocenters. The number of aryl methyl sites for hydroxylation is 2. The maximum absolute atomic E-state index is 12.6. The molecule has 0 bridgehead atoms. The average molecular weight is 540 g/mol. The van der Waals surface area contributed by atoms with Crippen LogP contribution >= 0.6 is 0 Å². The van der Waals surface area contributed by atoms with E-state index in [1.54, 1.807) is 20.8 Å². The second-order valence-corrected chi connectivity index (χ2v) is 10.7. The minimum absolute atomic E-state index is 0.202. The number of carbonyl (C=O) groups is 3. The van der Waals surface area contributed by atoms with Crippen molar-refractivity contribution in [3.05, 3.63) is 59.7 Å². The van der Waals surface area contributed by atoms with E-state index in [0.717, 1.165) is 42.5 Å². The zero-order valence-corrected chi connectivity index (χ0v) is 23.9. The Kier molecular flexibility index (Phi) is 13.5. The van der Waals surface area contributed by atoms with Gasteiger partial charge in [-0.2, -0.15) is 0 Å². The molecule has 2 aromatic carbocycles. The number of rotatable bonds is 15. The molecular weight excluding hydrogens is 494 g/mol. The summed E-state index contributed by atoms with van der Waals surface area (Å²) >= 11 is 0. The Morgan fingerprint density at radius 1 is 0.846 bits per heavy atom. The molecule has 0 aromatic heterocycles. The van der Waals surface area contributed by atoms with E-state index < -0.39 is 23.7 Å². The zero-order valence-electron chi connectivity index (χ0n) is 23.9. The van der Waals surface area contributed by atoms with Gasteiger partial charge in [0.1, 0.15) is 11.6 Å². The lowest BCUT2D eigenvalue weighted by molar-refractivity contribution is -0.145.